The lowest BCUT2D eigenvalue weighted by Crippen LogP contribution is -2.07. The van der Waals surface area contributed by atoms with Gasteiger partial charge in [0.15, 0.2) is 0 Å². The van der Waals surface area contributed by atoms with Crippen LogP contribution < -0.4 is 0 Å². The summed E-state index contributed by atoms with van der Waals surface area (Å²) in [5, 5.41) is 0. The van der Waals surface area contributed by atoms with Crippen LogP contribution in [0.3, 0.4) is 0 Å². The zero-order chi connectivity index (χ0) is 9.23. The van der Waals surface area contributed by atoms with Crippen LogP contribution in [0.2, 0.25) is 0 Å². The lowest BCUT2D eigenvalue weighted by Gasteiger charge is -2.14. The molecule has 0 spiro atoms. The van der Waals surface area contributed by atoms with Gasteiger partial charge in [-0.15, -0.1) is 0 Å². The van der Waals surface area contributed by atoms with E-state index >= 15 is 0 Å². The summed E-state index contributed by atoms with van der Waals surface area (Å²) in [4.78, 5) is 0. The van der Waals surface area contributed by atoms with Crippen LogP contribution in [0.25, 0.3) is 0 Å². The molecule has 0 aliphatic rings. The summed E-state index contributed by atoms with van der Waals surface area (Å²) in [7, 11) is 1.81. The lowest BCUT2D eigenvalue weighted by atomic mass is 9.97. The average Bonchev–Trinajstić information content (AvgIpc) is 2.06. The normalized spacial score (nSPS) is 13.2. The van der Waals surface area contributed by atoms with Crippen molar-refractivity contribution < 1.29 is 4.74 Å². The molecule has 0 aromatic heterocycles. The van der Waals surface area contributed by atoms with Gasteiger partial charge in [0.2, 0.25) is 0 Å². The third-order valence-electron chi connectivity index (χ3n) is 2.32. The predicted molar refractivity (Wildman–Crippen MR) is 54.4 cm³/mol. The van der Waals surface area contributed by atoms with Crippen LogP contribution in [0.1, 0.15) is 52.4 Å². The molecule has 74 valence electrons. The van der Waals surface area contributed by atoms with Gasteiger partial charge in [-0.1, -0.05) is 39.5 Å². The van der Waals surface area contributed by atoms with Crippen LogP contribution in [-0.2, 0) is 4.74 Å². The van der Waals surface area contributed by atoms with Gasteiger partial charge in [-0.25, -0.2) is 0 Å². The highest BCUT2D eigenvalue weighted by Gasteiger charge is 2.05. The third-order valence-corrected chi connectivity index (χ3v) is 2.32. The molecular formula is C11H24O. The highest BCUT2D eigenvalue weighted by Crippen LogP contribution is 2.15. The summed E-state index contributed by atoms with van der Waals surface area (Å²) in [6, 6.07) is 0. The maximum absolute atomic E-state index is 5.19. The molecular weight excluding hydrogens is 148 g/mol. The number of methoxy groups -OCH3 is 1. The van der Waals surface area contributed by atoms with E-state index in [0.29, 0.717) is 0 Å². The Kier molecular flexibility index (Phi) is 9.02. The van der Waals surface area contributed by atoms with Crippen molar-refractivity contribution in [2.75, 3.05) is 13.7 Å². The first-order valence-corrected chi connectivity index (χ1v) is 5.34. The smallest absolute Gasteiger partial charge is 0.0490 e. The van der Waals surface area contributed by atoms with E-state index in [1.807, 2.05) is 7.11 Å². The Bertz CT molecular complexity index is 75.1. The van der Waals surface area contributed by atoms with Crippen molar-refractivity contribution in [2.24, 2.45) is 5.92 Å². The fraction of sp³-hybridized carbons (Fsp3) is 1.00. The average molecular weight is 172 g/mol. The molecule has 1 heteroatoms. The zero-order valence-electron chi connectivity index (χ0n) is 8.94. The summed E-state index contributed by atoms with van der Waals surface area (Å²) >= 11 is 0. The highest BCUT2D eigenvalue weighted by atomic mass is 16.5. The summed E-state index contributed by atoms with van der Waals surface area (Å²) in [5.74, 6) is 0.812. The first-order valence-electron chi connectivity index (χ1n) is 5.34. The Morgan fingerprint density at radius 3 is 2.25 bits per heavy atom. The number of unbranched alkanes of at least 4 members (excludes halogenated alkanes) is 2. The van der Waals surface area contributed by atoms with Crippen molar-refractivity contribution in [1.82, 2.24) is 0 Å². The number of hydrogen-bond acceptors (Lipinski definition) is 1. The van der Waals surface area contributed by atoms with E-state index < -0.39 is 0 Å². The van der Waals surface area contributed by atoms with Gasteiger partial charge in [-0.3, -0.25) is 0 Å². The van der Waals surface area contributed by atoms with Crippen molar-refractivity contribution >= 4 is 0 Å². The molecule has 0 amide bonds. The number of hydrogen-bond donors (Lipinski definition) is 0. The van der Waals surface area contributed by atoms with Crippen LogP contribution in [0, 0.1) is 5.92 Å². The van der Waals surface area contributed by atoms with Crippen LogP contribution in [0.5, 0.6) is 0 Å². The summed E-state index contributed by atoms with van der Waals surface area (Å²) in [6.07, 6.45) is 8.06. The Hall–Kier alpha value is -0.0400. The SMILES string of the molecule is CCCCC[C@@H](CCC)COC. The molecule has 0 fully saturated rings. The van der Waals surface area contributed by atoms with Gasteiger partial charge in [0.05, 0.1) is 0 Å². The topological polar surface area (TPSA) is 9.23 Å². The number of ether oxygens (including phenoxy) is 1. The molecule has 0 bridgehead atoms. The van der Waals surface area contributed by atoms with Gasteiger partial charge in [0, 0.05) is 13.7 Å². The van der Waals surface area contributed by atoms with Crippen LogP contribution >= 0.6 is 0 Å². The molecule has 0 heterocycles. The molecule has 0 aromatic carbocycles. The molecule has 0 N–H and O–H groups in total. The Morgan fingerprint density at radius 1 is 1.00 bits per heavy atom. The molecule has 0 radical (unpaired) electrons. The molecule has 0 unspecified atom stereocenters. The van der Waals surface area contributed by atoms with Crippen molar-refractivity contribution in [1.29, 1.82) is 0 Å². The second-order valence-corrected chi connectivity index (χ2v) is 3.61. The van der Waals surface area contributed by atoms with E-state index in [4.69, 9.17) is 4.74 Å². The third kappa shape index (κ3) is 6.66. The second kappa shape index (κ2) is 9.05. The zero-order valence-corrected chi connectivity index (χ0v) is 8.94. The minimum Gasteiger partial charge on any atom is -0.384 e. The van der Waals surface area contributed by atoms with Crippen LogP contribution in [0.15, 0.2) is 0 Å². The maximum atomic E-state index is 5.19. The van der Waals surface area contributed by atoms with Crippen LogP contribution in [0.4, 0.5) is 0 Å². The molecule has 1 nitrogen and oxygen atoms in total. The first kappa shape index (κ1) is 12.0. The molecule has 0 aliphatic carbocycles. The summed E-state index contributed by atoms with van der Waals surface area (Å²) in [6.45, 7) is 5.46. The minimum atomic E-state index is 0.812. The van der Waals surface area contributed by atoms with E-state index in [1.165, 1.54) is 38.5 Å². The van der Waals surface area contributed by atoms with Crippen molar-refractivity contribution in [3.63, 3.8) is 0 Å². The van der Waals surface area contributed by atoms with Gasteiger partial charge < -0.3 is 4.74 Å². The van der Waals surface area contributed by atoms with E-state index in [2.05, 4.69) is 13.8 Å². The first-order chi connectivity index (χ1) is 5.85. The van der Waals surface area contributed by atoms with Gasteiger partial charge in [-0.05, 0) is 18.8 Å². The van der Waals surface area contributed by atoms with E-state index in [9.17, 15) is 0 Å². The highest BCUT2D eigenvalue weighted by molar-refractivity contribution is 4.57. The second-order valence-electron chi connectivity index (χ2n) is 3.61. The van der Waals surface area contributed by atoms with Gasteiger partial charge in [0.1, 0.15) is 0 Å². The fourth-order valence-corrected chi connectivity index (χ4v) is 1.64. The van der Waals surface area contributed by atoms with E-state index in [-0.39, 0.29) is 0 Å². The Labute approximate surface area is 77.5 Å². The van der Waals surface area contributed by atoms with E-state index in [1.54, 1.807) is 0 Å². The minimum absolute atomic E-state index is 0.812. The monoisotopic (exact) mass is 172 g/mol. The molecule has 0 saturated carbocycles. The predicted octanol–water partition coefficient (Wildman–Crippen LogP) is 3.63. The molecule has 0 rings (SSSR count). The van der Waals surface area contributed by atoms with Crippen LogP contribution in [-0.4, -0.2) is 13.7 Å². The van der Waals surface area contributed by atoms with E-state index in [0.717, 1.165) is 12.5 Å². The molecule has 0 saturated heterocycles. The quantitative estimate of drug-likeness (QED) is 0.508. The lowest BCUT2D eigenvalue weighted by molar-refractivity contribution is 0.141. The molecule has 12 heavy (non-hydrogen) atoms. The van der Waals surface area contributed by atoms with Crippen molar-refractivity contribution in [3.8, 4) is 0 Å². The van der Waals surface area contributed by atoms with Gasteiger partial charge >= 0.3 is 0 Å². The molecule has 0 aromatic rings. The van der Waals surface area contributed by atoms with Crippen molar-refractivity contribution in [2.45, 2.75) is 52.4 Å². The number of rotatable bonds is 8. The Morgan fingerprint density at radius 2 is 1.75 bits per heavy atom. The largest absolute Gasteiger partial charge is 0.384 e. The Balaban J connectivity index is 3.34. The summed E-state index contributed by atoms with van der Waals surface area (Å²) < 4.78 is 5.19. The standard InChI is InChI=1S/C11H24O/c1-4-6-7-9-11(8-5-2)10-12-3/h11H,4-10H2,1-3H3/t11-/m1/s1. The maximum Gasteiger partial charge on any atom is 0.0490 e. The van der Waals surface area contributed by atoms with Gasteiger partial charge in [-0.2, -0.15) is 0 Å². The fourth-order valence-electron chi connectivity index (χ4n) is 1.64. The van der Waals surface area contributed by atoms with Crippen molar-refractivity contribution in [3.05, 3.63) is 0 Å². The molecule has 0 aliphatic heterocycles. The molecule has 1 atom stereocenters. The summed E-state index contributed by atoms with van der Waals surface area (Å²) in [5.41, 5.74) is 0. The van der Waals surface area contributed by atoms with Gasteiger partial charge in [0.25, 0.3) is 0 Å².